The summed E-state index contributed by atoms with van der Waals surface area (Å²) in [5, 5.41) is 11.8. The van der Waals surface area contributed by atoms with Gasteiger partial charge in [0.1, 0.15) is 0 Å². The molecule has 1 aliphatic rings. The number of hydrogen-bond donors (Lipinski definition) is 2. The molecule has 0 aliphatic carbocycles. The van der Waals surface area contributed by atoms with E-state index in [1.54, 1.807) is 4.90 Å². The van der Waals surface area contributed by atoms with Crippen LogP contribution in [0.1, 0.15) is 20.3 Å². The van der Waals surface area contributed by atoms with Crippen LogP contribution in [-0.4, -0.2) is 77.2 Å². The van der Waals surface area contributed by atoms with Crippen LogP contribution in [0.5, 0.6) is 0 Å². The molecule has 0 aromatic heterocycles. The standard InChI is InChI=1S/C13H25N3O3S/c1-3-20-10-11(2)14-13(19)16-6-4-5-15(7-8-16)9-12(17)18/h11H,3-10H2,1-2H3,(H,14,19)(H,17,18). The molecule has 0 aromatic rings. The lowest BCUT2D eigenvalue weighted by molar-refractivity contribution is -0.138. The molecule has 1 saturated heterocycles. The number of nitrogens with one attached hydrogen (secondary N) is 1. The SMILES string of the molecule is CCSCC(C)NC(=O)N1CCCN(CC(=O)O)CC1. The highest BCUT2D eigenvalue weighted by Crippen LogP contribution is 2.05. The summed E-state index contributed by atoms with van der Waals surface area (Å²) >= 11 is 1.81. The molecule has 0 saturated carbocycles. The molecule has 116 valence electrons. The first-order valence-electron chi connectivity index (χ1n) is 7.10. The van der Waals surface area contributed by atoms with Crippen molar-refractivity contribution in [3.05, 3.63) is 0 Å². The number of amides is 2. The lowest BCUT2D eigenvalue weighted by Gasteiger charge is -2.24. The van der Waals surface area contributed by atoms with E-state index in [1.165, 1.54) is 0 Å². The molecule has 0 aromatic carbocycles. The van der Waals surface area contributed by atoms with Gasteiger partial charge in [-0.25, -0.2) is 4.79 Å². The molecule has 1 rings (SSSR count). The van der Waals surface area contributed by atoms with E-state index in [9.17, 15) is 9.59 Å². The molecule has 1 fully saturated rings. The Hall–Kier alpha value is -0.950. The fourth-order valence-corrected chi connectivity index (χ4v) is 2.83. The second-order valence-corrected chi connectivity index (χ2v) is 6.34. The van der Waals surface area contributed by atoms with Crippen molar-refractivity contribution in [1.82, 2.24) is 15.1 Å². The Morgan fingerprint density at radius 1 is 1.30 bits per heavy atom. The molecule has 2 N–H and O–H groups in total. The van der Waals surface area contributed by atoms with Crippen molar-refractivity contribution in [2.24, 2.45) is 0 Å². The van der Waals surface area contributed by atoms with Crippen molar-refractivity contribution >= 4 is 23.8 Å². The third kappa shape index (κ3) is 6.47. The Bertz CT molecular complexity index is 328. The van der Waals surface area contributed by atoms with Crippen LogP contribution in [0, 0.1) is 0 Å². The Kier molecular flexibility index (Phi) is 7.76. The van der Waals surface area contributed by atoms with Crippen molar-refractivity contribution in [3.63, 3.8) is 0 Å². The quantitative estimate of drug-likeness (QED) is 0.764. The van der Waals surface area contributed by atoms with E-state index in [4.69, 9.17) is 5.11 Å². The zero-order chi connectivity index (χ0) is 15.0. The summed E-state index contributed by atoms with van der Waals surface area (Å²) in [5.74, 6) is 1.16. The number of carbonyl (C=O) groups is 2. The first kappa shape index (κ1) is 17.1. The molecule has 1 heterocycles. The van der Waals surface area contributed by atoms with Gasteiger partial charge < -0.3 is 15.3 Å². The number of nitrogens with zero attached hydrogens (tertiary/aromatic N) is 2. The van der Waals surface area contributed by atoms with Gasteiger partial charge in [0.2, 0.25) is 0 Å². The fraction of sp³-hybridized carbons (Fsp3) is 0.846. The number of thioether (sulfide) groups is 1. The molecule has 1 aliphatic heterocycles. The normalized spacial score (nSPS) is 18.4. The largest absolute Gasteiger partial charge is 0.480 e. The lowest BCUT2D eigenvalue weighted by Crippen LogP contribution is -2.46. The average Bonchev–Trinajstić information content (AvgIpc) is 2.61. The number of aliphatic carboxylic acids is 1. The molecular formula is C13H25N3O3S. The molecule has 1 unspecified atom stereocenters. The van der Waals surface area contributed by atoms with Gasteiger partial charge in [-0.3, -0.25) is 9.69 Å². The van der Waals surface area contributed by atoms with E-state index in [-0.39, 0.29) is 18.6 Å². The number of carbonyl (C=O) groups excluding carboxylic acids is 1. The number of carboxylic acids is 1. The minimum Gasteiger partial charge on any atom is -0.480 e. The average molecular weight is 303 g/mol. The summed E-state index contributed by atoms with van der Waals surface area (Å²) in [7, 11) is 0. The van der Waals surface area contributed by atoms with Crippen LogP contribution in [-0.2, 0) is 4.79 Å². The maximum atomic E-state index is 12.1. The number of hydrogen-bond acceptors (Lipinski definition) is 4. The van der Waals surface area contributed by atoms with Crippen LogP contribution < -0.4 is 5.32 Å². The Labute approximate surface area is 124 Å². The molecule has 0 bridgehead atoms. The van der Waals surface area contributed by atoms with Crippen molar-refractivity contribution in [2.75, 3.05) is 44.2 Å². The van der Waals surface area contributed by atoms with E-state index in [1.807, 2.05) is 23.6 Å². The number of carboxylic acid groups (broad SMARTS) is 1. The van der Waals surface area contributed by atoms with Gasteiger partial charge >= 0.3 is 12.0 Å². The molecule has 2 amide bonds. The lowest BCUT2D eigenvalue weighted by atomic mass is 10.3. The smallest absolute Gasteiger partial charge is 0.317 e. The van der Waals surface area contributed by atoms with Gasteiger partial charge in [0, 0.05) is 38.0 Å². The Morgan fingerprint density at radius 2 is 2.05 bits per heavy atom. The van der Waals surface area contributed by atoms with E-state index in [0.717, 1.165) is 24.5 Å². The predicted octanol–water partition coefficient (Wildman–Crippen LogP) is 0.930. The maximum absolute atomic E-state index is 12.1. The van der Waals surface area contributed by atoms with Crippen LogP contribution in [0.4, 0.5) is 4.79 Å². The molecule has 0 spiro atoms. The van der Waals surface area contributed by atoms with Crippen molar-refractivity contribution in [2.45, 2.75) is 26.3 Å². The van der Waals surface area contributed by atoms with E-state index in [0.29, 0.717) is 19.6 Å². The third-order valence-electron chi connectivity index (χ3n) is 3.18. The van der Waals surface area contributed by atoms with Gasteiger partial charge in [0.25, 0.3) is 0 Å². The van der Waals surface area contributed by atoms with E-state index >= 15 is 0 Å². The second kappa shape index (κ2) is 9.07. The third-order valence-corrected chi connectivity index (χ3v) is 4.32. The molecule has 1 atom stereocenters. The van der Waals surface area contributed by atoms with Crippen LogP contribution in [0.2, 0.25) is 0 Å². The summed E-state index contributed by atoms with van der Waals surface area (Å²) in [6, 6.07) is 0.122. The first-order valence-corrected chi connectivity index (χ1v) is 8.25. The van der Waals surface area contributed by atoms with Gasteiger partial charge in [-0.15, -0.1) is 0 Å². The van der Waals surface area contributed by atoms with E-state index < -0.39 is 5.97 Å². The van der Waals surface area contributed by atoms with Crippen molar-refractivity contribution < 1.29 is 14.7 Å². The van der Waals surface area contributed by atoms with Gasteiger partial charge in [-0.05, 0) is 19.1 Å². The van der Waals surface area contributed by atoms with Crippen molar-refractivity contribution in [3.8, 4) is 0 Å². The minimum atomic E-state index is -0.812. The monoisotopic (exact) mass is 303 g/mol. The van der Waals surface area contributed by atoms with Gasteiger partial charge in [0.15, 0.2) is 0 Å². The summed E-state index contributed by atoms with van der Waals surface area (Å²) in [5.41, 5.74) is 0. The zero-order valence-electron chi connectivity index (χ0n) is 12.3. The number of rotatable bonds is 6. The van der Waals surface area contributed by atoms with Crippen LogP contribution in [0.15, 0.2) is 0 Å². The summed E-state index contributed by atoms with van der Waals surface area (Å²) in [6.45, 7) is 6.80. The number of urea groups is 1. The zero-order valence-corrected chi connectivity index (χ0v) is 13.1. The van der Waals surface area contributed by atoms with Crippen molar-refractivity contribution in [1.29, 1.82) is 0 Å². The Morgan fingerprint density at radius 3 is 2.70 bits per heavy atom. The highest BCUT2D eigenvalue weighted by molar-refractivity contribution is 7.99. The topological polar surface area (TPSA) is 72.9 Å². The summed E-state index contributed by atoms with van der Waals surface area (Å²) in [4.78, 5) is 26.5. The minimum absolute atomic E-state index is 0.0358. The van der Waals surface area contributed by atoms with Crippen LogP contribution in [0.25, 0.3) is 0 Å². The first-order chi connectivity index (χ1) is 9.52. The molecule has 0 radical (unpaired) electrons. The highest BCUT2D eigenvalue weighted by atomic mass is 32.2. The molecule has 6 nitrogen and oxygen atoms in total. The predicted molar refractivity (Wildman–Crippen MR) is 81.3 cm³/mol. The fourth-order valence-electron chi connectivity index (χ4n) is 2.16. The van der Waals surface area contributed by atoms with E-state index in [2.05, 4.69) is 12.2 Å². The van der Waals surface area contributed by atoms with Crippen LogP contribution in [0.3, 0.4) is 0 Å². The summed E-state index contributed by atoms with van der Waals surface area (Å²) in [6.07, 6.45) is 0.818. The maximum Gasteiger partial charge on any atom is 0.317 e. The molecule has 7 heteroatoms. The molecule has 20 heavy (non-hydrogen) atoms. The highest BCUT2D eigenvalue weighted by Gasteiger charge is 2.21. The van der Waals surface area contributed by atoms with Crippen LogP contribution >= 0.6 is 11.8 Å². The summed E-state index contributed by atoms with van der Waals surface area (Å²) < 4.78 is 0. The Balaban J connectivity index is 2.36. The van der Waals surface area contributed by atoms with Gasteiger partial charge in [0.05, 0.1) is 6.54 Å². The molecular weight excluding hydrogens is 278 g/mol. The second-order valence-electron chi connectivity index (χ2n) is 5.02. The van der Waals surface area contributed by atoms with Gasteiger partial charge in [-0.1, -0.05) is 6.92 Å². The van der Waals surface area contributed by atoms with Gasteiger partial charge in [-0.2, -0.15) is 11.8 Å².